The van der Waals surface area contributed by atoms with E-state index in [9.17, 15) is 8.42 Å². The van der Waals surface area contributed by atoms with Crippen LogP contribution in [-0.2, 0) is 19.3 Å². The molecule has 0 atom stereocenters. The van der Waals surface area contributed by atoms with E-state index in [0.717, 1.165) is 0 Å². The van der Waals surface area contributed by atoms with Gasteiger partial charge in [0.25, 0.3) is 0 Å². The van der Waals surface area contributed by atoms with Crippen molar-refractivity contribution in [3.8, 4) is 0 Å². The minimum Gasteiger partial charge on any atom is -0.379 e. The van der Waals surface area contributed by atoms with Crippen molar-refractivity contribution >= 4 is 15.8 Å². The Morgan fingerprint density at radius 3 is 2.25 bits per heavy atom. The normalized spacial score (nSPS) is 17.5. The third-order valence-electron chi connectivity index (χ3n) is 3.91. The highest BCUT2D eigenvalue weighted by Gasteiger charge is 2.12. The Balaban J connectivity index is 2.02. The van der Waals surface area contributed by atoms with Gasteiger partial charge in [-0.2, -0.15) is 0 Å². The van der Waals surface area contributed by atoms with Gasteiger partial charge in [-0.1, -0.05) is 25.7 Å². The molecule has 0 aromatic heterocycles. The average Bonchev–Trinajstić information content (AvgIpc) is 2.80. The van der Waals surface area contributed by atoms with Crippen LogP contribution in [0.25, 0.3) is 0 Å². The molecule has 0 aliphatic heterocycles. The summed E-state index contributed by atoms with van der Waals surface area (Å²) >= 11 is 0. The molecular formula is C16H33N3O4S. The lowest BCUT2D eigenvalue weighted by molar-refractivity contribution is 0.0468. The van der Waals surface area contributed by atoms with Crippen LogP contribution < -0.4 is 10.6 Å². The number of guanidine groups is 1. The molecule has 0 aromatic rings. The van der Waals surface area contributed by atoms with E-state index in [0.29, 0.717) is 38.4 Å². The van der Waals surface area contributed by atoms with Gasteiger partial charge in [-0.15, -0.1) is 0 Å². The first-order valence-corrected chi connectivity index (χ1v) is 10.9. The smallest absolute Gasteiger partial charge is 0.191 e. The number of rotatable bonds is 10. The topological polar surface area (TPSA) is 89.0 Å². The van der Waals surface area contributed by atoms with Crippen molar-refractivity contribution in [2.45, 2.75) is 44.6 Å². The maximum Gasteiger partial charge on any atom is 0.191 e. The number of ether oxygens (including phenoxy) is 2. The highest BCUT2D eigenvalue weighted by atomic mass is 32.2. The molecule has 1 saturated carbocycles. The van der Waals surface area contributed by atoms with E-state index < -0.39 is 9.84 Å². The molecule has 0 spiro atoms. The summed E-state index contributed by atoms with van der Waals surface area (Å²) in [7, 11) is -1.24. The third kappa shape index (κ3) is 11.6. The van der Waals surface area contributed by atoms with Gasteiger partial charge in [0.1, 0.15) is 9.84 Å². The van der Waals surface area contributed by atoms with Crippen LogP contribution in [0.15, 0.2) is 4.99 Å². The molecular weight excluding hydrogens is 330 g/mol. The fourth-order valence-corrected chi connectivity index (χ4v) is 3.00. The van der Waals surface area contributed by atoms with Crippen LogP contribution >= 0.6 is 0 Å². The standard InChI is InChI=1S/C16H33N3O4S/c1-17-16(18-9-11-22-13-14-24(2,20)21)19-10-12-23-15-7-5-3-4-6-8-15/h15H,3-14H2,1-2H3,(H2,17,18,19). The van der Waals surface area contributed by atoms with E-state index >= 15 is 0 Å². The van der Waals surface area contributed by atoms with Crippen molar-refractivity contribution in [1.82, 2.24) is 10.6 Å². The molecule has 24 heavy (non-hydrogen) atoms. The SMILES string of the molecule is CN=C(NCCOCCS(C)(=O)=O)NCCOC1CCCCCC1. The van der Waals surface area contributed by atoms with Gasteiger partial charge >= 0.3 is 0 Å². The molecule has 1 aliphatic carbocycles. The molecule has 8 heteroatoms. The van der Waals surface area contributed by atoms with Crippen LogP contribution in [0.3, 0.4) is 0 Å². The highest BCUT2D eigenvalue weighted by Crippen LogP contribution is 2.19. The van der Waals surface area contributed by atoms with E-state index in [-0.39, 0.29) is 12.4 Å². The second-order valence-corrected chi connectivity index (χ2v) is 8.41. The van der Waals surface area contributed by atoms with E-state index in [2.05, 4.69) is 15.6 Å². The van der Waals surface area contributed by atoms with E-state index in [1.165, 1.54) is 44.8 Å². The second kappa shape index (κ2) is 12.5. The highest BCUT2D eigenvalue weighted by molar-refractivity contribution is 7.90. The lowest BCUT2D eigenvalue weighted by Gasteiger charge is -2.16. The summed E-state index contributed by atoms with van der Waals surface area (Å²) in [6.45, 7) is 2.63. The lowest BCUT2D eigenvalue weighted by Crippen LogP contribution is -2.40. The molecule has 7 nitrogen and oxygen atoms in total. The Labute approximate surface area is 146 Å². The summed E-state index contributed by atoms with van der Waals surface area (Å²) in [5.74, 6) is 0.754. The monoisotopic (exact) mass is 363 g/mol. The summed E-state index contributed by atoms with van der Waals surface area (Å²) in [6.07, 6.45) is 9.20. The van der Waals surface area contributed by atoms with E-state index in [1.54, 1.807) is 7.05 Å². The zero-order valence-electron chi connectivity index (χ0n) is 15.1. The summed E-state index contributed by atoms with van der Waals surface area (Å²) in [5.41, 5.74) is 0. The quantitative estimate of drug-likeness (QED) is 0.260. The number of nitrogens with zero attached hydrogens (tertiary/aromatic N) is 1. The Morgan fingerprint density at radius 1 is 1.04 bits per heavy atom. The van der Waals surface area contributed by atoms with Crippen LogP contribution in [0.2, 0.25) is 0 Å². The van der Waals surface area contributed by atoms with Crippen molar-refractivity contribution in [2.75, 3.05) is 52.0 Å². The third-order valence-corrected chi connectivity index (χ3v) is 4.82. The number of aliphatic imine (C=N–C) groups is 1. The van der Waals surface area contributed by atoms with Gasteiger partial charge in [0.15, 0.2) is 5.96 Å². The molecule has 0 radical (unpaired) electrons. The van der Waals surface area contributed by atoms with Crippen molar-refractivity contribution < 1.29 is 17.9 Å². The predicted molar refractivity (Wildman–Crippen MR) is 97.3 cm³/mol. The minimum atomic E-state index is -2.95. The van der Waals surface area contributed by atoms with Gasteiger partial charge in [0, 0.05) is 26.4 Å². The molecule has 1 fully saturated rings. The van der Waals surface area contributed by atoms with Gasteiger partial charge in [-0.05, 0) is 12.8 Å². The minimum absolute atomic E-state index is 0.0540. The van der Waals surface area contributed by atoms with Crippen molar-refractivity contribution in [3.05, 3.63) is 0 Å². The molecule has 1 rings (SSSR count). The summed E-state index contributed by atoms with van der Waals surface area (Å²) in [5, 5.41) is 6.33. The Hall–Kier alpha value is -0.860. The van der Waals surface area contributed by atoms with Crippen LogP contribution in [0.4, 0.5) is 0 Å². The maximum absolute atomic E-state index is 11.0. The number of hydrogen-bond donors (Lipinski definition) is 2. The Kier molecular flexibility index (Phi) is 11.0. The van der Waals surface area contributed by atoms with Gasteiger partial charge in [0.05, 0.1) is 31.7 Å². The van der Waals surface area contributed by atoms with Crippen molar-refractivity contribution in [2.24, 2.45) is 4.99 Å². The number of sulfone groups is 1. The lowest BCUT2D eigenvalue weighted by atomic mass is 10.1. The molecule has 2 N–H and O–H groups in total. The molecule has 0 bridgehead atoms. The molecule has 0 amide bonds. The largest absolute Gasteiger partial charge is 0.379 e. The Bertz CT molecular complexity index is 446. The molecule has 0 aromatic carbocycles. The molecule has 1 aliphatic rings. The summed E-state index contributed by atoms with van der Waals surface area (Å²) in [6, 6.07) is 0. The van der Waals surface area contributed by atoms with Gasteiger partial charge in [-0.25, -0.2) is 8.42 Å². The van der Waals surface area contributed by atoms with Crippen LogP contribution in [0, 0.1) is 0 Å². The summed E-state index contributed by atoms with van der Waals surface area (Å²) in [4.78, 5) is 4.13. The fourth-order valence-electron chi connectivity index (χ4n) is 2.58. The van der Waals surface area contributed by atoms with Gasteiger partial charge in [0.2, 0.25) is 0 Å². The molecule has 0 heterocycles. The van der Waals surface area contributed by atoms with E-state index in [4.69, 9.17) is 9.47 Å². The van der Waals surface area contributed by atoms with Crippen LogP contribution in [0.1, 0.15) is 38.5 Å². The van der Waals surface area contributed by atoms with E-state index in [1.807, 2.05) is 0 Å². The first-order valence-electron chi connectivity index (χ1n) is 8.83. The van der Waals surface area contributed by atoms with Crippen LogP contribution in [0.5, 0.6) is 0 Å². The average molecular weight is 364 g/mol. The molecule has 0 unspecified atom stereocenters. The van der Waals surface area contributed by atoms with Crippen molar-refractivity contribution in [1.29, 1.82) is 0 Å². The first-order chi connectivity index (χ1) is 11.5. The summed E-state index contributed by atoms with van der Waals surface area (Å²) < 4.78 is 33.1. The number of hydrogen-bond acceptors (Lipinski definition) is 5. The fraction of sp³-hybridized carbons (Fsp3) is 0.938. The van der Waals surface area contributed by atoms with Gasteiger partial charge in [-0.3, -0.25) is 4.99 Å². The van der Waals surface area contributed by atoms with Crippen molar-refractivity contribution in [3.63, 3.8) is 0 Å². The zero-order chi connectivity index (χ0) is 17.7. The molecule has 142 valence electrons. The number of nitrogens with one attached hydrogen (secondary N) is 2. The van der Waals surface area contributed by atoms with Crippen LogP contribution in [-0.4, -0.2) is 72.4 Å². The zero-order valence-corrected chi connectivity index (χ0v) is 15.9. The second-order valence-electron chi connectivity index (χ2n) is 6.15. The van der Waals surface area contributed by atoms with Gasteiger partial charge < -0.3 is 20.1 Å². The predicted octanol–water partition coefficient (Wildman–Crippen LogP) is 0.952. The maximum atomic E-state index is 11.0. The molecule has 0 saturated heterocycles. The first kappa shape index (κ1) is 21.2. The Morgan fingerprint density at radius 2 is 1.67 bits per heavy atom.